The number of benzene rings is 2. The number of aryl methyl sites for hydroxylation is 1. The minimum atomic E-state index is -2.49. The van der Waals surface area contributed by atoms with Crippen LogP contribution in [-0.4, -0.2) is 29.7 Å². The Morgan fingerprint density at radius 1 is 1.03 bits per heavy atom. The van der Waals surface area contributed by atoms with Crippen molar-refractivity contribution in [1.82, 2.24) is 9.97 Å². The second-order valence-corrected chi connectivity index (χ2v) is 8.87. The minimum Gasteiger partial charge on any atom is -0.755 e. The number of pyridine rings is 2. The highest BCUT2D eigenvalue weighted by atomic mass is 32.2. The molecule has 2 aromatic heterocycles. The molecule has 4 aromatic rings. The Hall–Kier alpha value is -3.69. The fraction of sp³-hybridized carbons (Fsp3) is 0.200. The molecule has 0 aliphatic carbocycles. The lowest BCUT2D eigenvalue weighted by atomic mass is 10.0. The smallest absolute Gasteiger partial charge is 0.269 e. The molecule has 0 amide bonds. The van der Waals surface area contributed by atoms with Gasteiger partial charge < -0.3 is 4.55 Å². The summed E-state index contributed by atoms with van der Waals surface area (Å²) >= 11 is -2.49. The van der Waals surface area contributed by atoms with Gasteiger partial charge in [-0.1, -0.05) is 18.2 Å². The normalized spacial score (nSPS) is 12.9. The van der Waals surface area contributed by atoms with E-state index < -0.39 is 16.2 Å². The Morgan fingerprint density at radius 2 is 1.79 bits per heavy atom. The Bertz CT molecular complexity index is 1320. The number of aromatic nitrogens is 2. The summed E-state index contributed by atoms with van der Waals surface area (Å²) in [5, 5.41) is 12.5. The van der Waals surface area contributed by atoms with E-state index in [1.54, 1.807) is 36.9 Å². The number of hydrogen-bond donors (Lipinski definition) is 0. The van der Waals surface area contributed by atoms with Crippen molar-refractivity contribution in [3.8, 4) is 11.1 Å². The topological polar surface area (TPSA) is 112 Å². The van der Waals surface area contributed by atoms with E-state index in [1.807, 2.05) is 37.3 Å². The standard InChI is InChI=1S/C25H24N4O4S/c1-18(4-2-5-19-7-9-23(10-8-19)29(30)31)28(34(32)33)25-15-21(20-6-3-12-26-16-20)14-22-17-27-13-11-24(22)25/h3,6-18H,2,4-5H2,1H3,(H,32,33)/p-1. The Kier molecular flexibility index (Phi) is 7.24. The molecule has 0 N–H and O–H groups in total. The van der Waals surface area contributed by atoms with Crippen LogP contribution in [0.2, 0.25) is 0 Å². The monoisotopic (exact) mass is 475 g/mol. The SMILES string of the molecule is CC(CCCc1ccc([N+](=O)[O-])cc1)N(c1cc(-c2cccnc2)cc2cnccc12)S(=O)[O-]. The fourth-order valence-electron chi connectivity index (χ4n) is 4.04. The van der Waals surface area contributed by atoms with Gasteiger partial charge in [0.05, 0.1) is 10.6 Å². The predicted octanol–water partition coefficient (Wildman–Crippen LogP) is 5.22. The molecule has 2 atom stereocenters. The zero-order chi connectivity index (χ0) is 24.1. The van der Waals surface area contributed by atoms with Gasteiger partial charge >= 0.3 is 0 Å². The van der Waals surface area contributed by atoms with Gasteiger partial charge in [0.15, 0.2) is 0 Å². The quantitative estimate of drug-likeness (QED) is 0.186. The zero-order valence-corrected chi connectivity index (χ0v) is 19.4. The Balaban J connectivity index is 1.59. The lowest BCUT2D eigenvalue weighted by Crippen LogP contribution is -2.35. The molecule has 34 heavy (non-hydrogen) atoms. The van der Waals surface area contributed by atoms with Crippen LogP contribution in [0.5, 0.6) is 0 Å². The van der Waals surface area contributed by atoms with Crippen molar-refractivity contribution >= 4 is 33.4 Å². The molecule has 0 aliphatic rings. The van der Waals surface area contributed by atoms with E-state index in [4.69, 9.17) is 0 Å². The molecule has 0 radical (unpaired) electrons. The summed E-state index contributed by atoms with van der Waals surface area (Å²) in [4.78, 5) is 18.8. The number of fused-ring (bicyclic) bond motifs is 1. The first-order valence-electron chi connectivity index (χ1n) is 10.8. The molecular weight excluding hydrogens is 452 g/mol. The van der Waals surface area contributed by atoms with Gasteiger partial charge in [0.2, 0.25) is 0 Å². The van der Waals surface area contributed by atoms with Gasteiger partial charge in [0.1, 0.15) is 0 Å². The summed E-state index contributed by atoms with van der Waals surface area (Å²) in [5.41, 5.74) is 3.37. The van der Waals surface area contributed by atoms with E-state index in [0.29, 0.717) is 18.5 Å². The number of non-ortho nitro benzene ring substituents is 1. The lowest BCUT2D eigenvalue weighted by molar-refractivity contribution is -0.384. The number of rotatable bonds is 9. The predicted molar refractivity (Wildman–Crippen MR) is 132 cm³/mol. The Labute approximate surface area is 199 Å². The van der Waals surface area contributed by atoms with Gasteiger partial charge in [-0.05, 0) is 61.6 Å². The molecule has 2 unspecified atom stereocenters. The van der Waals surface area contributed by atoms with Crippen LogP contribution in [0.4, 0.5) is 11.4 Å². The summed E-state index contributed by atoms with van der Waals surface area (Å²) in [7, 11) is 0. The maximum Gasteiger partial charge on any atom is 0.269 e. The molecule has 9 heteroatoms. The fourth-order valence-corrected chi connectivity index (χ4v) is 4.75. The number of nitro groups is 1. The number of hydrogen-bond acceptors (Lipinski definition) is 6. The van der Waals surface area contributed by atoms with Crippen LogP contribution in [0, 0.1) is 10.1 Å². The van der Waals surface area contributed by atoms with Crippen LogP contribution < -0.4 is 4.31 Å². The van der Waals surface area contributed by atoms with Gasteiger partial charge in [0, 0.05) is 70.6 Å². The van der Waals surface area contributed by atoms with Crippen LogP contribution in [0.25, 0.3) is 21.9 Å². The molecule has 2 heterocycles. The lowest BCUT2D eigenvalue weighted by Gasteiger charge is -2.34. The average molecular weight is 476 g/mol. The van der Waals surface area contributed by atoms with E-state index in [2.05, 4.69) is 9.97 Å². The molecule has 0 saturated heterocycles. The van der Waals surface area contributed by atoms with Crippen molar-refractivity contribution in [2.75, 3.05) is 4.31 Å². The summed E-state index contributed by atoms with van der Waals surface area (Å²) in [6, 6.07) is 15.6. The minimum absolute atomic E-state index is 0.0555. The van der Waals surface area contributed by atoms with Crippen LogP contribution >= 0.6 is 0 Å². The average Bonchev–Trinajstić information content (AvgIpc) is 2.84. The maximum atomic E-state index is 12.4. The van der Waals surface area contributed by atoms with Crippen LogP contribution in [0.15, 0.2) is 79.4 Å². The van der Waals surface area contributed by atoms with E-state index in [9.17, 15) is 18.9 Å². The van der Waals surface area contributed by atoms with Gasteiger partial charge in [-0.3, -0.25) is 28.6 Å². The maximum absolute atomic E-state index is 12.4. The first kappa shape index (κ1) is 23.5. The molecule has 174 valence electrons. The summed E-state index contributed by atoms with van der Waals surface area (Å²) in [6.45, 7) is 1.88. The first-order valence-corrected chi connectivity index (χ1v) is 11.9. The van der Waals surface area contributed by atoms with Crippen molar-refractivity contribution in [2.45, 2.75) is 32.2 Å². The van der Waals surface area contributed by atoms with Gasteiger partial charge in [-0.2, -0.15) is 0 Å². The highest BCUT2D eigenvalue weighted by Crippen LogP contribution is 2.35. The molecule has 0 saturated carbocycles. The Morgan fingerprint density at radius 3 is 2.47 bits per heavy atom. The number of nitrogens with zero attached hydrogens (tertiary/aromatic N) is 4. The molecule has 0 spiro atoms. The molecule has 8 nitrogen and oxygen atoms in total. The third-order valence-corrected chi connectivity index (χ3v) is 6.64. The molecule has 0 fully saturated rings. The van der Waals surface area contributed by atoms with Crippen LogP contribution in [0.3, 0.4) is 0 Å². The summed E-state index contributed by atoms with van der Waals surface area (Å²) < 4.78 is 26.2. The van der Waals surface area contributed by atoms with Crippen molar-refractivity contribution in [1.29, 1.82) is 0 Å². The molecule has 0 bridgehead atoms. The molecule has 0 aliphatic heterocycles. The van der Waals surface area contributed by atoms with E-state index in [1.165, 1.54) is 16.4 Å². The second kappa shape index (κ2) is 10.5. The third kappa shape index (κ3) is 5.27. The molecular formula is C25H23N4O4S-. The highest BCUT2D eigenvalue weighted by molar-refractivity contribution is 7.80. The van der Waals surface area contributed by atoms with E-state index in [-0.39, 0.29) is 11.7 Å². The van der Waals surface area contributed by atoms with Gasteiger partial charge in [0.25, 0.3) is 5.69 Å². The van der Waals surface area contributed by atoms with Crippen molar-refractivity contribution in [3.63, 3.8) is 0 Å². The van der Waals surface area contributed by atoms with Crippen LogP contribution in [-0.2, 0) is 17.7 Å². The molecule has 4 rings (SSSR count). The van der Waals surface area contributed by atoms with Gasteiger partial charge in [-0.25, -0.2) is 0 Å². The van der Waals surface area contributed by atoms with E-state index in [0.717, 1.165) is 33.9 Å². The third-order valence-electron chi connectivity index (χ3n) is 5.76. The first-order chi connectivity index (χ1) is 16.4. The number of anilines is 1. The second-order valence-electron chi connectivity index (χ2n) is 8.04. The van der Waals surface area contributed by atoms with Crippen molar-refractivity contribution in [3.05, 3.63) is 95.1 Å². The van der Waals surface area contributed by atoms with Crippen LogP contribution in [0.1, 0.15) is 25.3 Å². The van der Waals surface area contributed by atoms with Gasteiger partial charge in [-0.15, -0.1) is 0 Å². The number of nitro benzene ring substituents is 1. The summed E-state index contributed by atoms with van der Waals surface area (Å²) in [6.07, 6.45) is 8.86. The van der Waals surface area contributed by atoms with Crippen molar-refractivity contribution in [2.24, 2.45) is 0 Å². The van der Waals surface area contributed by atoms with E-state index >= 15 is 0 Å². The van der Waals surface area contributed by atoms with Crippen molar-refractivity contribution < 1.29 is 13.7 Å². The molecule has 2 aromatic carbocycles. The summed E-state index contributed by atoms with van der Waals surface area (Å²) in [5.74, 6) is 0. The zero-order valence-electron chi connectivity index (χ0n) is 18.5. The largest absolute Gasteiger partial charge is 0.755 e. The highest BCUT2D eigenvalue weighted by Gasteiger charge is 2.19.